The molecule has 2 aromatic rings. The van der Waals surface area contributed by atoms with Gasteiger partial charge in [-0.2, -0.15) is 0 Å². The zero-order chi connectivity index (χ0) is 15.5. The molecule has 2 heterocycles. The van der Waals surface area contributed by atoms with Crippen LogP contribution in [0.15, 0.2) is 29.1 Å². The number of nitrogens with one attached hydrogen (secondary N) is 3. The molecule has 3 rings (SSSR count). The van der Waals surface area contributed by atoms with E-state index < -0.39 is 11.4 Å². The number of hydrogen-bond donors (Lipinski definition) is 3. The predicted octanol–water partition coefficient (Wildman–Crippen LogP) is 1.40. The first-order valence-corrected chi connectivity index (χ1v) is 7.45. The highest BCUT2D eigenvalue weighted by Gasteiger charge is 2.16. The number of fused-ring (bicyclic) bond motifs is 1. The number of aromatic amines is 1. The molecular weight excluding hydrogens is 285 g/mol. The predicted molar refractivity (Wildman–Crippen MR) is 82.5 cm³/mol. The van der Waals surface area contributed by atoms with Crippen molar-refractivity contribution in [2.45, 2.75) is 12.8 Å². The largest absolute Gasteiger partial charge is 0.352 e. The summed E-state index contributed by atoms with van der Waals surface area (Å²) in [6.45, 7) is 2.48. The minimum Gasteiger partial charge on any atom is -0.352 e. The number of pyridine rings is 1. The number of carbonyl (C=O) groups is 1. The van der Waals surface area contributed by atoms with Crippen molar-refractivity contribution < 1.29 is 9.18 Å². The van der Waals surface area contributed by atoms with Crippen LogP contribution in [-0.4, -0.2) is 30.5 Å². The van der Waals surface area contributed by atoms with E-state index in [2.05, 4.69) is 15.6 Å². The molecule has 116 valence electrons. The lowest BCUT2D eigenvalue weighted by Crippen LogP contribution is -2.38. The fourth-order valence-corrected chi connectivity index (χ4v) is 2.85. The van der Waals surface area contributed by atoms with E-state index in [4.69, 9.17) is 0 Å². The molecule has 1 aliphatic heterocycles. The monoisotopic (exact) mass is 303 g/mol. The third-order valence-corrected chi connectivity index (χ3v) is 4.00. The number of H-pyrrole nitrogens is 1. The Morgan fingerprint density at radius 2 is 2.23 bits per heavy atom. The lowest BCUT2D eigenvalue weighted by molar-refractivity contribution is 0.0946. The third-order valence-electron chi connectivity index (χ3n) is 4.00. The molecule has 3 N–H and O–H groups in total. The molecule has 5 nitrogen and oxygen atoms in total. The summed E-state index contributed by atoms with van der Waals surface area (Å²) in [5.41, 5.74) is 0.196. The van der Waals surface area contributed by atoms with Gasteiger partial charge in [0.25, 0.3) is 5.91 Å². The summed E-state index contributed by atoms with van der Waals surface area (Å²) in [7, 11) is 0. The van der Waals surface area contributed by atoms with E-state index in [1.165, 1.54) is 24.3 Å². The second-order valence-corrected chi connectivity index (χ2v) is 5.66. The first-order chi connectivity index (χ1) is 10.6. The number of aromatic nitrogens is 1. The summed E-state index contributed by atoms with van der Waals surface area (Å²) in [6.07, 6.45) is 2.18. The summed E-state index contributed by atoms with van der Waals surface area (Å²) in [6, 6.07) is 5.27. The van der Waals surface area contributed by atoms with Gasteiger partial charge in [0.1, 0.15) is 5.82 Å². The highest BCUT2D eigenvalue weighted by Crippen LogP contribution is 2.16. The van der Waals surface area contributed by atoms with Crippen molar-refractivity contribution in [2.75, 3.05) is 19.6 Å². The van der Waals surface area contributed by atoms with Crippen molar-refractivity contribution in [3.63, 3.8) is 0 Å². The van der Waals surface area contributed by atoms with E-state index in [0.717, 1.165) is 25.9 Å². The molecule has 1 aromatic carbocycles. The first-order valence-electron chi connectivity index (χ1n) is 7.45. The average molecular weight is 303 g/mol. The Balaban J connectivity index is 1.82. The van der Waals surface area contributed by atoms with E-state index >= 15 is 0 Å². The zero-order valence-corrected chi connectivity index (χ0v) is 12.1. The van der Waals surface area contributed by atoms with Gasteiger partial charge in [-0.25, -0.2) is 4.39 Å². The summed E-state index contributed by atoms with van der Waals surface area (Å²) < 4.78 is 13.3. The minimum absolute atomic E-state index is 0.280. The van der Waals surface area contributed by atoms with E-state index in [9.17, 15) is 14.0 Å². The van der Waals surface area contributed by atoms with E-state index in [1.807, 2.05) is 0 Å². The third kappa shape index (κ3) is 3.17. The number of halogens is 1. The molecule has 0 aliphatic carbocycles. The van der Waals surface area contributed by atoms with Crippen molar-refractivity contribution in [3.8, 4) is 0 Å². The molecule has 22 heavy (non-hydrogen) atoms. The Hall–Kier alpha value is -2.21. The van der Waals surface area contributed by atoms with Gasteiger partial charge in [-0.3, -0.25) is 9.59 Å². The Bertz CT molecular complexity index is 751. The number of rotatable bonds is 3. The lowest BCUT2D eigenvalue weighted by Gasteiger charge is -2.22. The van der Waals surface area contributed by atoms with Crippen LogP contribution >= 0.6 is 0 Å². The van der Waals surface area contributed by atoms with Gasteiger partial charge in [-0.15, -0.1) is 0 Å². The van der Waals surface area contributed by atoms with Crippen molar-refractivity contribution >= 4 is 16.8 Å². The van der Waals surface area contributed by atoms with E-state index in [-0.39, 0.29) is 11.5 Å². The van der Waals surface area contributed by atoms with Crippen LogP contribution in [0.3, 0.4) is 0 Å². The maximum atomic E-state index is 13.3. The molecule has 1 fully saturated rings. The second kappa shape index (κ2) is 6.27. The molecule has 1 atom stereocenters. The molecule has 0 saturated carbocycles. The highest BCUT2D eigenvalue weighted by atomic mass is 19.1. The van der Waals surface area contributed by atoms with Gasteiger partial charge in [0.2, 0.25) is 5.56 Å². The maximum absolute atomic E-state index is 13.3. The molecule has 0 bridgehead atoms. The van der Waals surface area contributed by atoms with E-state index in [1.54, 1.807) is 0 Å². The van der Waals surface area contributed by atoms with E-state index in [0.29, 0.717) is 23.4 Å². The molecule has 1 aliphatic rings. The quantitative estimate of drug-likeness (QED) is 0.802. The molecule has 1 saturated heterocycles. The van der Waals surface area contributed by atoms with Gasteiger partial charge in [-0.1, -0.05) is 0 Å². The minimum atomic E-state index is -0.450. The summed E-state index contributed by atoms with van der Waals surface area (Å²) in [4.78, 5) is 26.6. The average Bonchev–Trinajstić information content (AvgIpc) is 2.52. The fourth-order valence-electron chi connectivity index (χ4n) is 2.85. The zero-order valence-electron chi connectivity index (χ0n) is 12.1. The molecule has 1 amide bonds. The van der Waals surface area contributed by atoms with Crippen LogP contribution in [0, 0.1) is 11.7 Å². The summed E-state index contributed by atoms with van der Waals surface area (Å²) in [5.74, 6) is -0.342. The van der Waals surface area contributed by atoms with Gasteiger partial charge in [-0.05, 0) is 50.0 Å². The summed E-state index contributed by atoms with van der Waals surface area (Å²) in [5, 5.41) is 6.71. The Morgan fingerprint density at radius 1 is 1.36 bits per heavy atom. The fraction of sp³-hybridized carbons (Fsp3) is 0.375. The van der Waals surface area contributed by atoms with Crippen LogP contribution < -0.4 is 16.2 Å². The van der Waals surface area contributed by atoms with Crippen LogP contribution in [-0.2, 0) is 0 Å². The van der Waals surface area contributed by atoms with Crippen LogP contribution in [0.1, 0.15) is 23.2 Å². The highest BCUT2D eigenvalue weighted by molar-refractivity contribution is 6.05. The second-order valence-electron chi connectivity index (χ2n) is 5.66. The summed E-state index contributed by atoms with van der Waals surface area (Å²) >= 11 is 0. The molecule has 0 spiro atoms. The normalized spacial score (nSPS) is 18.3. The number of carbonyl (C=O) groups excluding carboxylic acids is 1. The Kier molecular flexibility index (Phi) is 4.20. The van der Waals surface area contributed by atoms with Gasteiger partial charge in [0.15, 0.2) is 0 Å². The lowest BCUT2D eigenvalue weighted by atomic mass is 9.99. The van der Waals surface area contributed by atoms with Gasteiger partial charge >= 0.3 is 0 Å². The molecular formula is C16H18FN3O2. The standard InChI is InChI=1S/C16H18FN3O2/c17-11-3-4-12-13(7-15(21)20-14(12)6-11)16(22)19-9-10-2-1-5-18-8-10/h3-4,6-7,10,18H,1-2,5,8-9H2,(H,19,22)(H,20,21). The number of hydrogen-bond acceptors (Lipinski definition) is 3. The Morgan fingerprint density at radius 3 is 3.00 bits per heavy atom. The van der Waals surface area contributed by atoms with Gasteiger partial charge in [0.05, 0.1) is 11.1 Å². The maximum Gasteiger partial charge on any atom is 0.252 e. The topological polar surface area (TPSA) is 74.0 Å². The van der Waals surface area contributed by atoms with Crippen molar-refractivity contribution in [1.29, 1.82) is 0 Å². The van der Waals surface area contributed by atoms with Crippen LogP contribution in [0.5, 0.6) is 0 Å². The van der Waals surface area contributed by atoms with Gasteiger partial charge in [0, 0.05) is 18.0 Å². The first kappa shape index (κ1) is 14.7. The van der Waals surface area contributed by atoms with Crippen LogP contribution in [0.25, 0.3) is 10.9 Å². The molecule has 1 unspecified atom stereocenters. The number of amides is 1. The Labute approximate surface area is 126 Å². The number of benzene rings is 1. The molecule has 6 heteroatoms. The SMILES string of the molecule is O=C(NCC1CCCNC1)c1cc(=O)[nH]c2cc(F)ccc12. The van der Waals surface area contributed by atoms with Crippen molar-refractivity contribution in [1.82, 2.24) is 15.6 Å². The van der Waals surface area contributed by atoms with Crippen molar-refractivity contribution in [3.05, 3.63) is 46.0 Å². The van der Waals surface area contributed by atoms with Crippen molar-refractivity contribution in [2.24, 2.45) is 5.92 Å². The van der Waals surface area contributed by atoms with Crippen LogP contribution in [0.4, 0.5) is 4.39 Å². The smallest absolute Gasteiger partial charge is 0.252 e. The van der Waals surface area contributed by atoms with Gasteiger partial charge < -0.3 is 15.6 Å². The molecule has 0 radical (unpaired) electrons. The van der Waals surface area contributed by atoms with Crippen LogP contribution in [0.2, 0.25) is 0 Å². The number of piperidine rings is 1. The molecule has 1 aromatic heterocycles.